The van der Waals surface area contributed by atoms with Gasteiger partial charge in [0.1, 0.15) is 0 Å². The van der Waals surface area contributed by atoms with E-state index >= 15 is 0 Å². The number of aromatic nitrogens is 1. The smallest absolute Gasteiger partial charge is 0.0647 e. The molecule has 0 aliphatic rings. The van der Waals surface area contributed by atoms with Crippen LogP contribution in [-0.2, 0) is 5.88 Å². The van der Waals surface area contributed by atoms with E-state index in [1.165, 1.54) is 4.90 Å². The van der Waals surface area contributed by atoms with E-state index in [0.29, 0.717) is 5.88 Å². The van der Waals surface area contributed by atoms with Crippen molar-refractivity contribution in [3.8, 4) is 0 Å². The normalized spacial score (nSPS) is 9.80. The van der Waals surface area contributed by atoms with Crippen LogP contribution in [0, 0.1) is 0 Å². The number of thioether (sulfide) groups is 1. The van der Waals surface area contributed by atoms with Gasteiger partial charge in [-0.25, -0.2) is 0 Å². The first kappa shape index (κ1) is 7.89. The molecule has 1 aromatic heterocycles. The molecule has 0 aromatic carbocycles. The summed E-state index contributed by atoms with van der Waals surface area (Å²) in [6.07, 6.45) is 3.82. The molecule has 0 saturated carbocycles. The molecule has 1 aromatic rings. The van der Waals surface area contributed by atoms with Crippen molar-refractivity contribution in [2.24, 2.45) is 0 Å². The summed E-state index contributed by atoms with van der Waals surface area (Å²) in [7, 11) is 0. The molecule has 1 heterocycles. The van der Waals surface area contributed by atoms with Crippen molar-refractivity contribution in [3.05, 3.63) is 24.0 Å². The van der Waals surface area contributed by atoms with Gasteiger partial charge < -0.3 is 0 Å². The Kier molecular flexibility index (Phi) is 3.03. The highest BCUT2D eigenvalue weighted by molar-refractivity contribution is 7.98. The fraction of sp³-hybridized carbons (Fsp3) is 0.286. The highest BCUT2D eigenvalue weighted by Gasteiger charge is 1.92. The monoisotopic (exact) mass is 173 g/mol. The lowest BCUT2D eigenvalue weighted by atomic mass is 10.4. The summed E-state index contributed by atoms with van der Waals surface area (Å²) in [6, 6.07) is 3.97. The van der Waals surface area contributed by atoms with Crippen molar-refractivity contribution < 1.29 is 0 Å². The van der Waals surface area contributed by atoms with E-state index in [9.17, 15) is 0 Å². The maximum atomic E-state index is 5.58. The highest BCUT2D eigenvalue weighted by atomic mass is 35.5. The Balaban J connectivity index is 2.87. The van der Waals surface area contributed by atoms with Crippen LogP contribution in [0.3, 0.4) is 0 Å². The van der Waals surface area contributed by atoms with Gasteiger partial charge in [-0.15, -0.1) is 23.4 Å². The van der Waals surface area contributed by atoms with Crippen molar-refractivity contribution in [1.29, 1.82) is 0 Å². The fourth-order valence-corrected chi connectivity index (χ4v) is 1.25. The molecular formula is C7H8ClNS. The van der Waals surface area contributed by atoms with E-state index < -0.39 is 0 Å². The maximum absolute atomic E-state index is 5.58. The van der Waals surface area contributed by atoms with Crippen LogP contribution < -0.4 is 0 Å². The molecule has 10 heavy (non-hydrogen) atoms. The highest BCUT2D eigenvalue weighted by Crippen LogP contribution is 2.14. The molecule has 54 valence electrons. The lowest BCUT2D eigenvalue weighted by molar-refractivity contribution is 1.13. The minimum Gasteiger partial charge on any atom is -0.260 e. The van der Waals surface area contributed by atoms with Crippen LogP contribution in [0.25, 0.3) is 0 Å². The van der Waals surface area contributed by atoms with Gasteiger partial charge in [0.2, 0.25) is 0 Å². The van der Waals surface area contributed by atoms with Crippen LogP contribution in [0.1, 0.15) is 5.69 Å². The Bertz CT molecular complexity index is 195. The van der Waals surface area contributed by atoms with E-state index in [0.717, 1.165) is 5.69 Å². The summed E-state index contributed by atoms with van der Waals surface area (Å²) in [6.45, 7) is 0. The lowest BCUT2D eigenvalue weighted by Gasteiger charge is -1.96. The molecule has 1 nitrogen and oxygen atoms in total. The Morgan fingerprint density at radius 1 is 1.70 bits per heavy atom. The third-order valence-corrected chi connectivity index (χ3v) is 2.16. The first-order chi connectivity index (χ1) is 4.86. The zero-order valence-corrected chi connectivity index (χ0v) is 7.25. The van der Waals surface area contributed by atoms with Crippen molar-refractivity contribution >= 4 is 23.4 Å². The predicted octanol–water partition coefficient (Wildman–Crippen LogP) is 2.54. The molecule has 0 bridgehead atoms. The van der Waals surface area contributed by atoms with Crippen LogP contribution in [0.4, 0.5) is 0 Å². The zero-order chi connectivity index (χ0) is 7.40. The Morgan fingerprint density at radius 2 is 2.50 bits per heavy atom. The topological polar surface area (TPSA) is 12.9 Å². The first-order valence-electron chi connectivity index (χ1n) is 2.91. The zero-order valence-electron chi connectivity index (χ0n) is 5.67. The van der Waals surface area contributed by atoms with E-state index in [1.807, 2.05) is 18.4 Å². The number of halogens is 1. The minimum atomic E-state index is 0.494. The average molecular weight is 174 g/mol. The molecule has 0 radical (unpaired) electrons. The standard InChI is InChI=1S/C7H8ClNS/c1-10-7-2-3-9-6(4-7)5-8/h2-4H,5H2,1H3. The molecular weight excluding hydrogens is 166 g/mol. The van der Waals surface area contributed by atoms with E-state index in [2.05, 4.69) is 4.98 Å². The van der Waals surface area contributed by atoms with Crippen molar-refractivity contribution in [3.63, 3.8) is 0 Å². The third kappa shape index (κ3) is 1.89. The molecule has 0 saturated heterocycles. The van der Waals surface area contributed by atoms with Crippen LogP contribution >= 0.6 is 23.4 Å². The van der Waals surface area contributed by atoms with Gasteiger partial charge in [-0.3, -0.25) is 4.98 Å². The summed E-state index contributed by atoms with van der Waals surface area (Å²) >= 11 is 7.28. The summed E-state index contributed by atoms with van der Waals surface area (Å²) in [5.41, 5.74) is 0.938. The van der Waals surface area contributed by atoms with Gasteiger partial charge in [0.25, 0.3) is 0 Å². The Hall–Kier alpha value is -0.210. The molecule has 3 heteroatoms. The van der Waals surface area contributed by atoms with Gasteiger partial charge >= 0.3 is 0 Å². The number of rotatable bonds is 2. The largest absolute Gasteiger partial charge is 0.260 e. The molecule has 0 aliphatic carbocycles. The number of nitrogens with zero attached hydrogens (tertiary/aromatic N) is 1. The predicted molar refractivity (Wildman–Crippen MR) is 45.6 cm³/mol. The minimum absolute atomic E-state index is 0.494. The van der Waals surface area contributed by atoms with Crippen LogP contribution in [-0.4, -0.2) is 11.2 Å². The summed E-state index contributed by atoms with van der Waals surface area (Å²) in [4.78, 5) is 5.27. The van der Waals surface area contributed by atoms with E-state index in [1.54, 1.807) is 18.0 Å². The number of hydrogen-bond donors (Lipinski definition) is 0. The third-order valence-electron chi connectivity index (χ3n) is 1.16. The second-order valence-electron chi connectivity index (χ2n) is 1.82. The van der Waals surface area contributed by atoms with Gasteiger partial charge in [0.15, 0.2) is 0 Å². The number of alkyl halides is 1. The molecule has 0 N–H and O–H groups in total. The molecule has 1 rings (SSSR count). The molecule has 0 aliphatic heterocycles. The Morgan fingerprint density at radius 3 is 3.10 bits per heavy atom. The lowest BCUT2D eigenvalue weighted by Crippen LogP contribution is -1.83. The summed E-state index contributed by atoms with van der Waals surface area (Å²) < 4.78 is 0. The quantitative estimate of drug-likeness (QED) is 0.504. The maximum Gasteiger partial charge on any atom is 0.0647 e. The van der Waals surface area contributed by atoms with Crippen molar-refractivity contribution in [2.75, 3.05) is 6.26 Å². The van der Waals surface area contributed by atoms with Gasteiger partial charge in [0.05, 0.1) is 11.6 Å². The van der Waals surface area contributed by atoms with Gasteiger partial charge in [-0.05, 0) is 18.4 Å². The fourth-order valence-electron chi connectivity index (χ4n) is 0.656. The van der Waals surface area contributed by atoms with Crippen LogP contribution in [0.2, 0.25) is 0 Å². The number of hydrogen-bond acceptors (Lipinski definition) is 2. The molecule has 0 atom stereocenters. The first-order valence-corrected chi connectivity index (χ1v) is 4.67. The van der Waals surface area contributed by atoms with Crippen LogP contribution in [0.5, 0.6) is 0 Å². The Labute approximate surface area is 69.8 Å². The van der Waals surface area contributed by atoms with Crippen LogP contribution in [0.15, 0.2) is 23.2 Å². The average Bonchev–Trinajstić information content (AvgIpc) is 2.05. The van der Waals surface area contributed by atoms with Crippen molar-refractivity contribution in [2.45, 2.75) is 10.8 Å². The second-order valence-corrected chi connectivity index (χ2v) is 2.97. The molecule has 0 spiro atoms. The molecule has 0 unspecified atom stereocenters. The molecule has 0 amide bonds. The van der Waals surface area contributed by atoms with E-state index in [4.69, 9.17) is 11.6 Å². The number of pyridine rings is 1. The summed E-state index contributed by atoms with van der Waals surface area (Å²) in [5, 5.41) is 0. The second kappa shape index (κ2) is 3.84. The SMILES string of the molecule is CSc1ccnc(CCl)c1. The van der Waals surface area contributed by atoms with Gasteiger partial charge in [0, 0.05) is 11.1 Å². The van der Waals surface area contributed by atoms with Gasteiger partial charge in [-0.1, -0.05) is 0 Å². The molecule has 0 fully saturated rings. The van der Waals surface area contributed by atoms with Gasteiger partial charge in [-0.2, -0.15) is 0 Å². The van der Waals surface area contributed by atoms with Crippen molar-refractivity contribution in [1.82, 2.24) is 4.98 Å². The van der Waals surface area contributed by atoms with E-state index in [-0.39, 0.29) is 0 Å². The summed E-state index contributed by atoms with van der Waals surface area (Å²) in [5.74, 6) is 0.494.